The number of alkyl halides is 3. The Hall–Kier alpha value is -4.23. The fourth-order valence-electron chi connectivity index (χ4n) is 5.40. The Bertz CT molecular complexity index is 1850. The molecule has 0 spiro atoms. The molecule has 3 nitrogen and oxygen atoms in total. The Kier molecular flexibility index (Phi) is 5.91. The van der Waals surface area contributed by atoms with Gasteiger partial charge in [-0.3, -0.25) is 9.55 Å². The second kappa shape index (κ2) is 9.20. The van der Waals surface area contributed by atoms with Crippen LogP contribution in [0.25, 0.3) is 38.8 Å². The minimum atomic E-state index is -4.45. The normalized spacial score (nSPS) is 12.4. The van der Waals surface area contributed by atoms with Gasteiger partial charge < -0.3 is 0 Å². The van der Waals surface area contributed by atoms with Crippen molar-refractivity contribution in [3.05, 3.63) is 115 Å². The summed E-state index contributed by atoms with van der Waals surface area (Å²) in [5, 5.41) is 3.30. The quantitative estimate of drug-likeness (QED) is 0.220. The lowest BCUT2D eigenvalue weighted by Crippen LogP contribution is -2.56. The standard InChI is InChI=1S/C32H26F3N3Si/c1-21-15-17-36-30(18-21)38-28-12-5-4-10-25(28)26-14-13-23(20-29(26)38)22-8-6-9-24(19-22)39(2,3)31-27(32(33,34)35)11-7-16-37-31/h4-20H,1-3H3. The van der Waals surface area contributed by atoms with Crippen LogP contribution in [0.2, 0.25) is 13.1 Å². The Morgan fingerprint density at radius 3 is 2.26 bits per heavy atom. The van der Waals surface area contributed by atoms with Crippen LogP contribution in [0.15, 0.2) is 103 Å². The maximum absolute atomic E-state index is 13.9. The first kappa shape index (κ1) is 25.1. The highest BCUT2D eigenvalue weighted by atomic mass is 28.3. The Labute approximate surface area is 225 Å². The molecule has 0 saturated heterocycles. The van der Waals surface area contributed by atoms with Crippen molar-refractivity contribution in [3.8, 4) is 16.9 Å². The molecule has 194 valence electrons. The molecule has 3 heterocycles. The molecule has 0 atom stereocenters. The molecule has 3 aromatic carbocycles. The number of nitrogens with zero attached hydrogens (tertiary/aromatic N) is 3. The van der Waals surface area contributed by atoms with Gasteiger partial charge >= 0.3 is 6.18 Å². The zero-order chi connectivity index (χ0) is 27.4. The number of para-hydroxylation sites is 1. The molecule has 0 saturated carbocycles. The van der Waals surface area contributed by atoms with Crippen molar-refractivity contribution in [1.29, 1.82) is 0 Å². The van der Waals surface area contributed by atoms with E-state index in [2.05, 4.69) is 50.9 Å². The van der Waals surface area contributed by atoms with Gasteiger partial charge in [0.15, 0.2) is 0 Å². The molecule has 0 aliphatic rings. The fraction of sp³-hybridized carbons (Fsp3) is 0.125. The van der Waals surface area contributed by atoms with E-state index >= 15 is 0 Å². The SMILES string of the molecule is Cc1ccnc(-n2c3ccccc3c3ccc(-c4cccc([Si](C)(C)c5ncccc5C(F)(F)F)c4)cc32)c1. The first-order valence-electron chi connectivity index (χ1n) is 12.7. The summed E-state index contributed by atoms with van der Waals surface area (Å²) < 4.78 is 43.7. The van der Waals surface area contributed by atoms with Crippen LogP contribution in [-0.4, -0.2) is 22.6 Å². The van der Waals surface area contributed by atoms with Crippen LogP contribution in [0.1, 0.15) is 11.1 Å². The summed E-state index contributed by atoms with van der Waals surface area (Å²) in [6.45, 7) is 5.90. The van der Waals surface area contributed by atoms with Crippen LogP contribution in [0, 0.1) is 6.92 Å². The third-order valence-corrected chi connectivity index (χ3v) is 10.8. The Balaban J connectivity index is 1.52. The molecule has 39 heavy (non-hydrogen) atoms. The van der Waals surface area contributed by atoms with Gasteiger partial charge in [0.2, 0.25) is 0 Å². The van der Waals surface area contributed by atoms with E-state index in [4.69, 9.17) is 0 Å². The summed E-state index contributed by atoms with van der Waals surface area (Å²) in [5.41, 5.74) is 4.51. The Morgan fingerprint density at radius 2 is 1.46 bits per heavy atom. The summed E-state index contributed by atoms with van der Waals surface area (Å²) in [7, 11) is -2.77. The van der Waals surface area contributed by atoms with Crippen molar-refractivity contribution in [2.75, 3.05) is 0 Å². The van der Waals surface area contributed by atoms with Gasteiger partial charge in [-0.05, 0) is 60.0 Å². The van der Waals surface area contributed by atoms with Crippen molar-refractivity contribution in [2.24, 2.45) is 0 Å². The first-order chi connectivity index (χ1) is 18.6. The molecule has 7 heteroatoms. The molecule has 6 aromatic rings. The molecule has 0 amide bonds. The second-order valence-electron chi connectivity index (χ2n) is 10.4. The van der Waals surface area contributed by atoms with Crippen LogP contribution in [0.3, 0.4) is 0 Å². The average Bonchev–Trinajstić information content (AvgIpc) is 3.26. The zero-order valence-corrected chi connectivity index (χ0v) is 22.8. The van der Waals surface area contributed by atoms with Crippen LogP contribution in [-0.2, 0) is 6.18 Å². The number of fused-ring (bicyclic) bond motifs is 3. The lowest BCUT2D eigenvalue weighted by Gasteiger charge is -2.26. The molecular formula is C32H26F3N3Si. The smallest absolute Gasteiger partial charge is 0.294 e. The predicted molar refractivity (Wildman–Crippen MR) is 155 cm³/mol. The molecule has 0 aliphatic carbocycles. The number of aryl methyl sites for hydroxylation is 1. The van der Waals surface area contributed by atoms with Crippen molar-refractivity contribution in [2.45, 2.75) is 26.2 Å². The minimum absolute atomic E-state index is 0.149. The number of hydrogen-bond donors (Lipinski definition) is 0. The molecule has 0 unspecified atom stereocenters. The van der Waals surface area contributed by atoms with Gasteiger partial charge in [0.25, 0.3) is 0 Å². The van der Waals surface area contributed by atoms with Gasteiger partial charge in [-0.15, -0.1) is 0 Å². The summed E-state index contributed by atoms with van der Waals surface area (Å²) in [4.78, 5) is 8.91. The first-order valence-corrected chi connectivity index (χ1v) is 15.7. The Morgan fingerprint density at radius 1 is 0.692 bits per heavy atom. The summed E-state index contributed by atoms with van der Waals surface area (Å²) in [6, 6.07) is 29.0. The van der Waals surface area contributed by atoms with E-state index in [9.17, 15) is 13.2 Å². The summed E-state index contributed by atoms with van der Waals surface area (Å²) >= 11 is 0. The monoisotopic (exact) mass is 537 g/mol. The minimum Gasteiger partial charge on any atom is -0.294 e. The van der Waals surface area contributed by atoms with Crippen molar-refractivity contribution >= 4 is 40.4 Å². The van der Waals surface area contributed by atoms with E-state index < -0.39 is 19.8 Å². The highest BCUT2D eigenvalue weighted by Gasteiger charge is 2.40. The topological polar surface area (TPSA) is 30.7 Å². The third-order valence-electron chi connectivity index (χ3n) is 7.43. The zero-order valence-electron chi connectivity index (χ0n) is 21.8. The number of pyridine rings is 2. The van der Waals surface area contributed by atoms with E-state index in [1.165, 1.54) is 12.3 Å². The molecule has 0 N–H and O–H groups in total. The number of rotatable bonds is 4. The maximum Gasteiger partial charge on any atom is 0.417 e. The van der Waals surface area contributed by atoms with Crippen molar-refractivity contribution in [3.63, 3.8) is 0 Å². The van der Waals surface area contributed by atoms with E-state index in [1.807, 2.05) is 68.7 Å². The van der Waals surface area contributed by atoms with Crippen molar-refractivity contribution in [1.82, 2.24) is 14.5 Å². The predicted octanol–water partition coefficient (Wildman–Crippen LogP) is 7.39. The van der Waals surface area contributed by atoms with Crippen LogP contribution < -0.4 is 10.5 Å². The average molecular weight is 538 g/mol. The van der Waals surface area contributed by atoms with E-state index in [0.29, 0.717) is 0 Å². The third kappa shape index (κ3) is 4.32. The maximum atomic E-state index is 13.9. The van der Waals surface area contributed by atoms with Gasteiger partial charge in [-0.25, -0.2) is 4.98 Å². The van der Waals surface area contributed by atoms with Crippen LogP contribution in [0.4, 0.5) is 13.2 Å². The lowest BCUT2D eigenvalue weighted by atomic mass is 10.0. The summed E-state index contributed by atoms with van der Waals surface area (Å²) in [5.74, 6) is 0.843. The molecule has 0 fully saturated rings. The highest BCUT2D eigenvalue weighted by molar-refractivity contribution is 7.00. The molecule has 0 bridgehead atoms. The van der Waals surface area contributed by atoms with Gasteiger partial charge in [-0.1, -0.05) is 72.9 Å². The van der Waals surface area contributed by atoms with Crippen molar-refractivity contribution < 1.29 is 13.2 Å². The number of aromatic nitrogens is 3. The number of halogens is 3. The highest BCUT2D eigenvalue weighted by Crippen LogP contribution is 2.34. The van der Waals surface area contributed by atoms with E-state index in [1.54, 1.807) is 0 Å². The number of hydrogen-bond acceptors (Lipinski definition) is 2. The van der Waals surface area contributed by atoms with Gasteiger partial charge in [-0.2, -0.15) is 13.2 Å². The molecule has 3 aromatic heterocycles. The van der Waals surface area contributed by atoms with Crippen LogP contribution >= 0.6 is 0 Å². The largest absolute Gasteiger partial charge is 0.417 e. The molecule has 6 rings (SSSR count). The molecular weight excluding hydrogens is 511 g/mol. The van der Waals surface area contributed by atoms with Crippen LogP contribution in [0.5, 0.6) is 0 Å². The fourth-order valence-corrected chi connectivity index (χ4v) is 7.99. The molecule has 0 radical (unpaired) electrons. The lowest BCUT2D eigenvalue weighted by molar-refractivity contribution is -0.136. The van der Waals surface area contributed by atoms with E-state index in [-0.39, 0.29) is 5.32 Å². The van der Waals surface area contributed by atoms with Gasteiger partial charge in [0.05, 0.1) is 16.6 Å². The van der Waals surface area contributed by atoms with Gasteiger partial charge in [0.1, 0.15) is 13.9 Å². The second-order valence-corrected chi connectivity index (χ2v) is 14.7. The summed E-state index contributed by atoms with van der Waals surface area (Å²) in [6.07, 6.45) is -1.18. The molecule has 0 aliphatic heterocycles. The van der Waals surface area contributed by atoms with E-state index in [0.717, 1.165) is 55.6 Å². The van der Waals surface area contributed by atoms with Gasteiger partial charge in [0, 0.05) is 28.5 Å². The number of benzene rings is 3.